The summed E-state index contributed by atoms with van der Waals surface area (Å²) in [5, 5.41) is 2.41. The molecule has 0 saturated carbocycles. The van der Waals surface area contributed by atoms with Crippen molar-refractivity contribution >= 4 is 17.7 Å². The number of aliphatic imine (C=N–C) groups is 1. The SMILES string of the molecule is CCCCONC(=O)NC(N)=Nc1c(C)cccc1C. The largest absolute Gasteiger partial charge is 0.369 e. The maximum atomic E-state index is 11.5. The van der Waals surface area contributed by atoms with Crippen LogP contribution >= 0.6 is 0 Å². The molecule has 0 aliphatic rings. The summed E-state index contributed by atoms with van der Waals surface area (Å²) in [6.07, 6.45) is 1.88. The third kappa shape index (κ3) is 5.27. The van der Waals surface area contributed by atoms with Crippen LogP contribution in [0.1, 0.15) is 30.9 Å². The minimum atomic E-state index is -0.534. The quantitative estimate of drug-likeness (QED) is 0.334. The summed E-state index contributed by atoms with van der Waals surface area (Å²) >= 11 is 0. The number of hydrogen-bond donors (Lipinski definition) is 3. The van der Waals surface area contributed by atoms with Gasteiger partial charge in [-0.05, 0) is 31.4 Å². The number of hydrogen-bond acceptors (Lipinski definition) is 3. The lowest BCUT2D eigenvalue weighted by Gasteiger charge is -2.08. The summed E-state index contributed by atoms with van der Waals surface area (Å²) in [4.78, 5) is 20.6. The lowest BCUT2D eigenvalue weighted by Crippen LogP contribution is -2.43. The predicted molar refractivity (Wildman–Crippen MR) is 79.7 cm³/mol. The summed E-state index contributed by atoms with van der Waals surface area (Å²) in [6.45, 7) is 6.39. The molecule has 0 aliphatic carbocycles. The minimum absolute atomic E-state index is 0.0268. The molecule has 1 aromatic rings. The number of aryl methyl sites for hydroxylation is 2. The molecule has 20 heavy (non-hydrogen) atoms. The second kappa shape index (κ2) is 8.16. The van der Waals surface area contributed by atoms with Crippen molar-refractivity contribution in [3.05, 3.63) is 29.3 Å². The third-order valence-electron chi connectivity index (χ3n) is 2.68. The fourth-order valence-electron chi connectivity index (χ4n) is 1.61. The Morgan fingerprint density at radius 1 is 1.35 bits per heavy atom. The van der Waals surface area contributed by atoms with E-state index in [-0.39, 0.29) is 5.96 Å². The Hall–Kier alpha value is -2.08. The van der Waals surface area contributed by atoms with Gasteiger partial charge in [0.05, 0.1) is 12.3 Å². The summed E-state index contributed by atoms with van der Waals surface area (Å²) in [5.41, 5.74) is 10.7. The Morgan fingerprint density at radius 2 is 2.00 bits per heavy atom. The van der Waals surface area contributed by atoms with Crippen molar-refractivity contribution < 1.29 is 9.63 Å². The number of rotatable bonds is 5. The van der Waals surface area contributed by atoms with E-state index in [1.807, 2.05) is 39.0 Å². The number of amides is 2. The van der Waals surface area contributed by atoms with Gasteiger partial charge in [0.2, 0.25) is 5.96 Å². The van der Waals surface area contributed by atoms with Crippen LogP contribution in [0.25, 0.3) is 0 Å². The lowest BCUT2D eigenvalue weighted by molar-refractivity contribution is 0.0609. The van der Waals surface area contributed by atoms with E-state index < -0.39 is 6.03 Å². The number of carbonyl (C=O) groups is 1. The van der Waals surface area contributed by atoms with Crippen molar-refractivity contribution in [3.63, 3.8) is 0 Å². The van der Waals surface area contributed by atoms with E-state index in [1.165, 1.54) is 0 Å². The number of nitrogens with one attached hydrogen (secondary N) is 2. The van der Waals surface area contributed by atoms with Gasteiger partial charge >= 0.3 is 6.03 Å². The summed E-state index contributed by atoms with van der Waals surface area (Å²) in [6, 6.07) is 5.29. The number of benzene rings is 1. The monoisotopic (exact) mass is 278 g/mol. The van der Waals surface area contributed by atoms with Crippen molar-refractivity contribution in [2.75, 3.05) is 6.61 Å². The second-order valence-electron chi connectivity index (χ2n) is 4.50. The highest BCUT2D eigenvalue weighted by atomic mass is 16.7. The van der Waals surface area contributed by atoms with Crippen LogP contribution in [0.4, 0.5) is 10.5 Å². The molecule has 6 nitrogen and oxygen atoms in total. The first-order chi connectivity index (χ1) is 9.54. The zero-order chi connectivity index (χ0) is 15.0. The highest BCUT2D eigenvalue weighted by Crippen LogP contribution is 2.22. The third-order valence-corrected chi connectivity index (χ3v) is 2.68. The number of hydroxylamine groups is 1. The van der Waals surface area contributed by atoms with Gasteiger partial charge in [-0.25, -0.2) is 15.3 Å². The van der Waals surface area contributed by atoms with Gasteiger partial charge in [0, 0.05) is 0 Å². The molecule has 1 aromatic carbocycles. The minimum Gasteiger partial charge on any atom is -0.369 e. The van der Waals surface area contributed by atoms with Gasteiger partial charge in [0.25, 0.3) is 0 Å². The molecule has 0 radical (unpaired) electrons. The fraction of sp³-hybridized carbons (Fsp3) is 0.429. The fourth-order valence-corrected chi connectivity index (χ4v) is 1.61. The van der Waals surface area contributed by atoms with Crippen LogP contribution in [-0.4, -0.2) is 18.6 Å². The number of nitrogens with zero attached hydrogens (tertiary/aromatic N) is 1. The Labute approximate surface area is 119 Å². The number of unbranched alkanes of at least 4 members (excludes halogenated alkanes) is 1. The zero-order valence-electron chi connectivity index (χ0n) is 12.2. The molecule has 1 rings (SSSR count). The molecule has 0 aromatic heterocycles. The molecule has 0 aliphatic heterocycles. The number of carbonyl (C=O) groups excluding carboxylic acids is 1. The maximum absolute atomic E-state index is 11.5. The van der Waals surface area contributed by atoms with E-state index in [1.54, 1.807) is 0 Å². The first-order valence-corrected chi connectivity index (χ1v) is 6.63. The molecule has 2 amide bonds. The second-order valence-corrected chi connectivity index (χ2v) is 4.50. The van der Waals surface area contributed by atoms with Crippen molar-refractivity contribution in [1.29, 1.82) is 0 Å². The van der Waals surface area contributed by atoms with E-state index in [4.69, 9.17) is 10.6 Å². The van der Waals surface area contributed by atoms with Crippen LogP contribution in [0.5, 0.6) is 0 Å². The van der Waals surface area contributed by atoms with Gasteiger partial charge in [-0.3, -0.25) is 10.2 Å². The Morgan fingerprint density at radius 3 is 2.60 bits per heavy atom. The molecule has 110 valence electrons. The summed E-state index contributed by atoms with van der Waals surface area (Å²) in [5.74, 6) is 0.0268. The molecular formula is C14H22N4O2. The molecule has 0 bridgehead atoms. The molecule has 6 heteroatoms. The van der Waals surface area contributed by atoms with Gasteiger partial charge < -0.3 is 5.73 Å². The molecule has 0 saturated heterocycles. The summed E-state index contributed by atoms with van der Waals surface area (Å²) < 4.78 is 0. The van der Waals surface area contributed by atoms with Gasteiger partial charge in [-0.1, -0.05) is 31.5 Å². The maximum Gasteiger partial charge on any atom is 0.345 e. The molecule has 0 fully saturated rings. The highest BCUT2D eigenvalue weighted by molar-refractivity contribution is 5.96. The average molecular weight is 278 g/mol. The Bertz CT molecular complexity index is 466. The Balaban J connectivity index is 2.55. The number of nitrogens with two attached hydrogens (primary N) is 1. The smallest absolute Gasteiger partial charge is 0.345 e. The Kier molecular flexibility index (Phi) is 6.52. The first-order valence-electron chi connectivity index (χ1n) is 6.63. The zero-order valence-corrected chi connectivity index (χ0v) is 12.2. The number of para-hydroxylation sites is 1. The van der Waals surface area contributed by atoms with Gasteiger partial charge in [-0.2, -0.15) is 0 Å². The van der Waals surface area contributed by atoms with Crippen LogP contribution < -0.4 is 16.5 Å². The molecular weight excluding hydrogens is 256 g/mol. The van der Waals surface area contributed by atoms with Crippen molar-refractivity contribution in [3.8, 4) is 0 Å². The van der Waals surface area contributed by atoms with Gasteiger partial charge in [0.1, 0.15) is 0 Å². The van der Waals surface area contributed by atoms with Crippen LogP contribution in [0, 0.1) is 13.8 Å². The highest BCUT2D eigenvalue weighted by Gasteiger charge is 2.05. The molecule has 0 spiro atoms. The van der Waals surface area contributed by atoms with E-state index in [2.05, 4.69) is 15.8 Å². The van der Waals surface area contributed by atoms with Crippen LogP contribution in [0.3, 0.4) is 0 Å². The normalized spacial score (nSPS) is 11.2. The van der Waals surface area contributed by atoms with Gasteiger partial charge in [0.15, 0.2) is 0 Å². The van der Waals surface area contributed by atoms with E-state index in [0.29, 0.717) is 6.61 Å². The van der Waals surface area contributed by atoms with Gasteiger partial charge in [-0.15, -0.1) is 0 Å². The molecule has 0 unspecified atom stereocenters. The number of guanidine groups is 1. The summed E-state index contributed by atoms with van der Waals surface area (Å²) in [7, 11) is 0. The standard InChI is InChI=1S/C14H22N4O2/c1-4-5-9-20-18-14(19)17-13(15)16-12-10(2)7-6-8-11(12)3/h6-8H,4-5,9H2,1-3H3,(H4,15,16,17,18,19). The number of urea groups is 1. The van der Waals surface area contributed by atoms with Crippen LogP contribution in [-0.2, 0) is 4.84 Å². The topological polar surface area (TPSA) is 88.7 Å². The lowest BCUT2D eigenvalue weighted by atomic mass is 10.1. The molecule has 4 N–H and O–H groups in total. The van der Waals surface area contributed by atoms with Crippen molar-refractivity contribution in [2.45, 2.75) is 33.6 Å². The first kappa shape index (κ1) is 16.0. The van der Waals surface area contributed by atoms with E-state index >= 15 is 0 Å². The van der Waals surface area contributed by atoms with E-state index in [9.17, 15) is 4.79 Å². The van der Waals surface area contributed by atoms with Crippen LogP contribution in [0.15, 0.2) is 23.2 Å². The van der Waals surface area contributed by atoms with Crippen LogP contribution in [0.2, 0.25) is 0 Å². The molecule has 0 heterocycles. The average Bonchev–Trinajstić information content (AvgIpc) is 2.39. The van der Waals surface area contributed by atoms with Crippen molar-refractivity contribution in [2.24, 2.45) is 10.7 Å². The molecule has 0 atom stereocenters. The van der Waals surface area contributed by atoms with E-state index in [0.717, 1.165) is 29.7 Å². The predicted octanol–water partition coefficient (Wildman–Crippen LogP) is 2.28. The van der Waals surface area contributed by atoms with Crippen molar-refractivity contribution in [1.82, 2.24) is 10.8 Å².